The third-order valence-corrected chi connectivity index (χ3v) is 2.54. The zero-order valence-corrected chi connectivity index (χ0v) is 15.3. The van der Waals surface area contributed by atoms with Gasteiger partial charge in [0.25, 0.3) is 0 Å². The van der Waals surface area contributed by atoms with Crippen molar-refractivity contribution >= 4 is 0 Å². The zero-order chi connectivity index (χ0) is 17.9. The van der Waals surface area contributed by atoms with Crippen molar-refractivity contribution < 1.29 is 14.2 Å². The van der Waals surface area contributed by atoms with Gasteiger partial charge in [-0.25, -0.2) is 0 Å². The topological polar surface area (TPSA) is 37.4 Å². The Morgan fingerprint density at radius 1 is 0.542 bits per heavy atom. The highest BCUT2D eigenvalue weighted by atomic mass is 16.5. The van der Waals surface area contributed by atoms with E-state index in [1.54, 1.807) is 37.0 Å². The molecule has 0 spiro atoms. The summed E-state index contributed by atoms with van der Waals surface area (Å²) in [6, 6.07) is 5.38. The number of ether oxygens (including phenoxy) is 3. The highest BCUT2D eigenvalue weighted by Gasteiger charge is 2.03. The molecule has 0 aromatic heterocycles. The van der Waals surface area contributed by atoms with Gasteiger partial charge in [-0.15, -0.1) is 0 Å². The van der Waals surface area contributed by atoms with Crippen LogP contribution in [0.15, 0.2) is 55.6 Å². The number of benzene rings is 1. The maximum Gasteiger partial charge on any atom is 0.134 e. The Balaban J connectivity index is 2.91. The summed E-state index contributed by atoms with van der Waals surface area (Å²) in [5, 5.41) is 0. The van der Waals surface area contributed by atoms with Crippen LogP contribution in [0.4, 0.5) is 0 Å². The summed E-state index contributed by atoms with van der Waals surface area (Å²) in [5.41, 5.74) is 0. The standard InChI is InChI=1S/C18H27N3O3/c1-19(2)7-10-22-16-13-17(23-11-8-20(3)4)15-18(14-16)24-12-9-21(5)6/h7-15H,1-6H3/b10-7+,11-8+,12-9+. The van der Waals surface area contributed by atoms with Crippen molar-refractivity contribution in [3.63, 3.8) is 0 Å². The lowest BCUT2D eigenvalue weighted by Crippen LogP contribution is -2.02. The molecule has 0 radical (unpaired) electrons. The van der Waals surface area contributed by atoms with Gasteiger partial charge in [-0.2, -0.15) is 0 Å². The molecule has 24 heavy (non-hydrogen) atoms. The Kier molecular flexibility index (Phi) is 8.11. The molecule has 0 saturated heterocycles. The van der Waals surface area contributed by atoms with Crippen LogP contribution in [0, 0.1) is 0 Å². The minimum absolute atomic E-state index is 0.622. The van der Waals surface area contributed by atoms with Gasteiger partial charge < -0.3 is 28.9 Å². The van der Waals surface area contributed by atoms with E-state index in [2.05, 4.69) is 0 Å². The molecule has 0 heterocycles. The van der Waals surface area contributed by atoms with E-state index in [4.69, 9.17) is 14.2 Å². The van der Waals surface area contributed by atoms with Crippen LogP contribution in [0.1, 0.15) is 0 Å². The predicted octanol–water partition coefficient (Wildman–Crippen LogP) is 2.92. The molecule has 0 amide bonds. The Bertz CT molecular complexity index is 486. The molecule has 0 aliphatic heterocycles. The minimum Gasteiger partial charge on any atom is -0.463 e. The molecule has 0 N–H and O–H groups in total. The number of hydrogen-bond acceptors (Lipinski definition) is 6. The Labute approximate surface area is 144 Å². The fourth-order valence-electron chi connectivity index (χ4n) is 1.44. The molecule has 0 saturated carbocycles. The molecule has 6 nitrogen and oxygen atoms in total. The van der Waals surface area contributed by atoms with Crippen molar-refractivity contribution in [3.05, 3.63) is 55.6 Å². The lowest BCUT2D eigenvalue weighted by Gasteiger charge is -2.10. The van der Waals surface area contributed by atoms with Crippen LogP contribution >= 0.6 is 0 Å². The summed E-state index contributed by atoms with van der Waals surface area (Å²) in [6.07, 6.45) is 10.3. The first-order valence-corrected chi connectivity index (χ1v) is 7.51. The largest absolute Gasteiger partial charge is 0.463 e. The summed E-state index contributed by atoms with van der Waals surface area (Å²) in [6.45, 7) is 0. The van der Waals surface area contributed by atoms with Crippen molar-refractivity contribution in [1.82, 2.24) is 14.7 Å². The zero-order valence-electron chi connectivity index (χ0n) is 15.3. The van der Waals surface area contributed by atoms with Crippen LogP contribution in [0.5, 0.6) is 17.2 Å². The van der Waals surface area contributed by atoms with Crippen LogP contribution < -0.4 is 14.2 Å². The lowest BCUT2D eigenvalue weighted by molar-refractivity contribution is 0.419. The second-order valence-corrected chi connectivity index (χ2v) is 5.74. The SMILES string of the molecule is CN(C)/C=C/Oc1cc(O/C=C/N(C)C)cc(O/C=C/N(C)C)c1. The van der Waals surface area contributed by atoms with Gasteiger partial charge in [0, 0.05) is 79.1 Å². The molecule has 0 unspecified atom stereocenters. The highest BCUT2D eigenvalue weighted by molar-refractivity contribution is 5.43. The van der Waals surface area contributed by atoms with E-state index in [-0.39, 0.29) is 0 Å². The first-order chi connectivity index (χ1) is 11.4. The lowest BCUT2D eigenvalue weighted by atomic mass is 10.3. The van der Waals surface area contributed by atoms with Crippen LogP contribution in [0.2, 0.25) is 0 Å². The summed E-state index contributed by atoms with van der Waals surface area (Å²) >= 11 is 0. The average Bonchev–Trinajstić information content (AvgIpc) is 2.46. The predicted molar refractivity (Wildman–Crippen MR) is 96.8 cm³/mol. The van der Waals surface area contributed by atoms with Crippen molar-refractivity contribution in [3.8, 4) is 17.2 Å². The molecule has 0 fully saturated rings. The molecule has 1 rings (SSSR count). The van der Waals surface area contributed by atoms with Crippen LogP contribution in [-0.2, 0) is 0 Å². The van der Waals surface area contributed by atoms with Gasteiger partial charge in [-0.1, -0.05) is 0 Å². The van der Waals surface area contributed by atoms with Crippen molar-refractivity contribution in [1.29, 1.82) is 0 Å². The van der Waals surface area contributed by atoms with Gasteiger partial charge in [0.15, 0.2) is 0 Å². The van der Waals surface area contributed by atoms with Gasteiger partial charge in [0.2, 0.25) is 0 Å². The van der Waals surface area contributed by atoms with E-state index in [9.17, 15) is 0 Å². The molecule has 0 aliphatic rings. The fraction of sp³-hybridized carbons (Fsp3) is 0.333. The second kappa shape index (κ2) is 10.1. The summed E-state index contributed by atoms with van der Waals surface area (Å²) in [4.78, 5) is 5.66. The van der Waals surface area contributed by atoms with Gasteiger partial charge in [-0.3, -0.25) is 0 Å². The van der Waals surface area contributed by atoms with E-state index in [1.165, 1.54) is 0 Å². The molecule has 0 atom stereocenters. The van der Waals surface area contributed by atoms with E-state index >= 15 is 0 Å². The van der Waals surface area contributed by atoms with E-state index in [0.29, 0.717) is 17.2 Å². The van der Waals surface area contributed by atoms with Crippen LogP contribution in [0.25, 0.3) is 0 Å². The number of rotatable bonds is 9. The molecular formula is C18H27N3O3. The van der Waals surface area contributed by atoms with Crippen molar-refractivity contribution in [2.75, 3.05) is 42.3 Å². The quantitative estimate of drug-likeness (QED) is 0.647. The molecule has 6 heteroatoms. The monoisotopic (exact) mass is 333 g/mol. The average molecular weight is 333 g/mol. The summed E-state index contributed by atoms with van der Waals surface area (Å²) in [5.74, 6) is 1.87. The van der Waals surface area contributed by atoms with Gasteiger partial charge in [-0.05, 0) is 0 Å². The summed E-state index contributed by atoms with van der Waals surface area (Å²) in [7, 11) is 11.5. The second-order valence-electron chi connectivity index (χ2n) is 5.74. The van der Waals surface area contributed by atoms with Crippen LogP contribution in [-0.4, -0.2) is 57.0 Å². The van der Waals surface area contributed by atoms with Crippen molar-refractivity contribution in [2.24, 2.45) is 0 Å². The fourth-order valence-corrected chi connectivity index (χ4v) is 1.44. The molecule has 1 aromatic rings. The maximum absolute atomic E-state index is 5.60. The van der Waals surface area contributed by atoms with E-state index in [0.717, 1.165) is 0 Å². The van der Waals surface area contributed by atoms with Gasteiger partial charge >= 0.3 is 0 Å². The summed E-state index contributed by atoms with van der Waals surface area (Å²) < 4.78 is 16.8. The van der Waals surface area contributed by atoms with E-state index < -0.39 is 0 Å². The molecule has 0 bridgehead atoms. The Hall–Kier alpha value is -2.76. The first-order valence-electron chi connectivity index (χ1n) is 7.51. The van der Waals surface area contributed by atoms with Crippen LogP contribution in [0.3, 0.4) is 0 Å². The maximum atomic E-state index is 5.60. The molecular weight excluding hydrogens is 306 g/mol. The van der Waals surface area contributed by atoms with Gasteiger partial charge in [0.05, 0.1) is 0 Å². The third-order valence-electron chi connectivity index (χ3n) is 2.54. The number of hydrogen-bond donors (Lipinski definition) is 0. The molecule has 1 aromatic carbocycles. The Morgan fingerprint density at radius 3 is 1.00 bits per heavy atom. The normalized spacial score (nSPS) is 11.2. The Morgan fingerprint density at radius 2 is 0.792 bits per heavy atom. The number of nitrogens with zero attached hydrogens (tertiary/aromatic N) is 3. The van der Waals surface area contributed by atoms with Gasteiger partial charge in [0.1, 0.15) is 36.0 Å². The minimum atomic E-state index is 0.622. The first kappa shape index (κ1) is 19.3. The van der Waals surface area contributed by atoms with Crippen molar-refractivity contribution in [2.45, 2.75) is 0 Å². The third kappa shape index (κ3) is 8.63. The highest BCUT2D eigenvalue weighted by Crippen LogP contribution is 2.28. The smallest absolute Gasteiger partial charge is 0.134 e. The molecule has 0 aliphatic carbocycles. The molecule has 132 valence electrons. The van der Waals surface area contributed by atoms with E-state index in [1.807, 2.05) is 75.6 Å².